The predicted octanol–water partition coefficient (Wildman–Crippen LogP) is 4.16. The van der Waals surface area contributed by atoms with Crippen LogP contribution in [0.3, 0.4) is 0 Å². The van der Waals surface area contributed by atoms with E-state index in [1.165, 1.54) is 12.4 Å². The molecule has 0 spiro atoms. The van der Waals surface area contributed by atoms with Crippen molar-refractivity contribution in [3.05, 3.63) is 71.9 Å². The topological polar surface area (TPSA) is 55.7 Å². The molecule has 0 aliphatic heterocycles. The summed E-state index contributed by atoms with van der Waals surface area (Å²) in [6.45, 7) is 0. The fourth-order valence-electron chi connectivity index (χ4n) is 3.09. The first kappa shape index (κ1) is 16.4. The lowest BCUT2D eigenvalue weighted by atomic mass is 9.97. The van der Waals surface area contributed by atoms with Gasteiger partial charge in [0, 0.05) is 17.0 Å². The monoisotopic (exact) mass is 365 g/mol. The van der Waals surface area contributed by atoms with Gasteiger partial charge in [0.2, 0.25) is 5.69 Å². The molecule has 0 radical (unpaired) electrons. The average molecular weight is 366 g/mol. The van der Waals surface area contributed by atoms with Gasteiger partial charge in [-0.15, -0.1) is 0 Å². The van der Waals surface area contributed by atoms with Gasteiger partial charge in [0.25, 0.3) is 0 Å². The Hall–Kier alpha value is -3.05. The lowest BCUT2D eigenvalue weighted by molar-refractivity contribution is -0.660. The van der Waals surface area contributed by atoms with E-state index < -0.39 is 5.82 Å². The standard InChI is InChI=1S/C20H15ClFN4/c1-26-8-2-3-14(19(26)13-4-6-17(22)16(21)10-13)12-5-7-18-15(9-12)20(23)25-11-24-18/h2-11H,1H3,(H2,23,24,25)/q+1. The Morgan fingerprint density at radius 2 is 1.85 bits per heavy atom. The highest BCUT2D eigenvalue weighted by atomic mass is 35.5. The molecule has 2 aromatic heterocycles. The molecule has 2 heterocycles. The number of nitrogens with zero attached hydrogens (tertiary/aromatic N) is 3. The third-order valence-electron chi connectivity index (χ3n) is 4.35. The van der Waals surface area contributed by atoms with Gasteiger partial charge in [-0.1, -0.05) is 17.7 Å². The van der Waals surface area contributed by atoms with E-state index in [2.05, 4.69) is 9.97 Å². The molecule has 0 fully saturated rings. The van der Waals surface area contributed by atoms with Crippen LogP contribution in [0.15, 0.2) is 61.1 Å². The maximum absolute atomic E-state index is 13.6. The van der Waals surface area contributed by atoms with Crippen LogP contribution in [-0.4, -0.2) is 9.97 Å². The van der Waals surface area contributed by atoms with E-state index >= 15 is 0 Å². The third kappa shape index (κ3) is 2.76. The first-order valence-electron chi connectivity index (χ1n) is 7.99. The molecule has 0 saturated carbocycles. The van der Waals surface area contributed by atoms with Crippen LogP contribution in [0, 0.1) is 5.82 Å². The van der Waals surface area contributed by atoms with Crippen LogP contribution < -0.4 is 10.3 Å². The number of pyridine rings is 1. The van der Waals surface area contributed by atoms with E-state index in [0.717, 1.165) is 33.3 Å². The number of benzene rings is 2. The molecule has 26 heavy (non-hydrogen) atoms. The second kappa shape index (κ2) is 6.35. The number of halogens is 2. The maximum atomic E-state index is 13.6. The molecule has 0 saturated heterocycles. The van der Waals surface area contributed by atoms with Crippen LogP contribution in [0.25, 0.3) is 33.3 Å². The summed E-state index contributed by atoms with van der Waals surface area (Å²) in [5.41, 5.74) is 10.5. The van der Waals surface area contributed by atoms with E-state index in [4.69, 9.17) is 17.3 Å². The first-order valence-corrected chi connectivity index (χ1v) is 8.37. The van der Waals surface area contributed by atoms with Crippen molar-refractivity contribution < 1.29 is 8.96 Å². The minimum atomic E-state index is -0.439. The Bertz CT molecular complexity index is 1140. The van der Waals surface area contributed by atoms with Crippen LogP contribution in [0.5, 0.6) is 0 Å². The van der Waals surface area contributed by atoms with Gasteiger partial charge in [0.05, 0.1) is 16.1 Å². The minimum Gasteiger partial charge on any atom is -0.383 e. The summed E-state index contributed by atoms with van der Waals surface area (Å²) in [7, 11) is 1.94. The largest absolute Gasteiger partial charge is 0.383 e. The van der Waals surface area contributed by atoms with Crippen molar-refractivity contribution >= 4 is 28.3 Å². The lowest BCUT2D eigenvalue weighted by Crippen LogP contribution is -2.30. The number of anilines is 1. The van der Waals surface area contributed by atoms with Crippen LogP contribution in [0.1, 0.15) is 0 Å². The van der Waals surface area contributed by atoms with Crippen molar-refractivity contribution in [1.82, 2.24) is 9.97 Å². The summed E-state index contributed by atoms with van der Waals surface area (Å²) < 4.78 is 15.6. The highest BCUT2D eigenvalue weighted by molar-refractivity contribution is 6.31. The molecule has 0 aliphatic rings. The molecular formula is C20H15ClFN4+. The number of aromatic nitrogens is 3. The van der Waals surface area contributed by atoms with E-state index in [0.29, 0.717) is 5.82 Å². The second-order valence-corrected chi connectivity index (χ2v) is 6.41. The highest BCUT2D eigenvalue weighted by Gasteiger charge is 2.19. The predicted molar refractivity (Wildman–Crippen MR) is 101 cm³/mol. The van der Waals surface area contributed by atoms with Crippen LogP contribution >= 0.6 is 11.6 Å². The first-order chi connectivity index (χ1) is 12.5. The Balaban J connectivity index is 1.97. The molecule has 4 nitrogen and oxygen atoms in total. The summed E-state index contributed by atoms with van der Waals surface area (Å²) in [6.07, 6.45) is 3.39. The van der Waals surface area contributed by atoms with Crippen molar-refractivity contribution in [3.8, 4) is 22.4 Å². The van der Waals surface area contributed by atoms with E-state index in [9.17, 15) is 4.39 Å². The van der Waals surface area contributed by atoms with E-state index in [1.807, 2.05) is 48.1 Å². The smallest absolute Gasteiger partial charge is 0.220 e. The van der Waals surface area contributed by atoms with E-state index in [1.54, 1.807) is 12.1 Å². The number of hydrogen-bond acceptors (Lipinski definition) is 3. The molecule has 0 aliphatic carbocycles. The average Bonchev–Trinajstić information content (AvgIpc) is 2.64. The van der Waals surface area contributed by atoms with Gasteiger partial charge >= 0.3 is 0 Å². The second-order valence-electron chi connectivity index (χ2n) is 6.00. The maximum Gasteiger partial charge on any atom is 0.220 e. The summed E-state index contributed by atoms with van der Waals surface area (Å²) in [4.78, 5) is 8.30. The molecule has 2 N–H and O–H groups in total. The Labute approximate surface area is 154 Å². The quantitative estimate of drug-likeness (QED) is 0.542. The molecule has 0 unspecified atom stereocenters. The van der Waals surface area contributed by atoms with Gasteiger partial charge < -0.3 is 5.73 Å². The van der Waals surface area contributed by atoms with Gasteiger partial charge in [-0.25, -0.2) is 18.9 Å². The van der Waals surface area contributed by atoms with Crippen molar-refractivity contribution in [2.45, 2.75) is 0 Å². The number of nitrogen functional groups attached to an aromatic ring is 1. The van der Waals surface area contributed by atoms with E-state index in [-0.39, 0.29) is 5.02 Å². The normalized spacial score (nSPS) is 11.0. The molecule has 2 aromatic carbocycles. The minimum absolute atomic E-state index is 0.0912. The van der Waals surface area contributed by atoms with Crippen molar-refractivity contribution in [2.24, 2.45) is 7.05 Å². The van der Waals surface area contributed by atoms with Gasteiger partial charge in [-0.2, -0.15) is 0 Å². The van der Waals surface area contributed by atoms with Crippen molar-refractivity contribution in [3.63, 3.8) is 0 Å². The Morgan fingerprint density at radius 3 is 2.65 bits per heavy atom. The van der Waals surface area contributed by atoms with Crippen molar-refractivity contribution in [2.75, 3.05) is 5.73 Å². The van der Waals surface area contributed by atoms with Crippen LogP contribution in [0.4, 0.5) is 10.2 Å². The number of aryl methyl sites for hydroxylation is 1. The summed E-state index contributed by atoms with van der Waals surface area (Å²) in [5, 5.41) is 0.882. The van der Waals surface area contributed by atoms with Gasteiger partial charge in [-0.3, -0.25) is 0 Å². The zero-order chi connectivity index (χ0) is 18.3. The number of fused-ring (bicyclic) bond motifs is 1. The highest BCUT2D eigenvalue weighted by Crippen LogP contribution is 2.33. The van der Waals surface area contributed by atoms with Gasteiger partial charge in [0.15, 0.2) is 6.20 Å². The summed E-state index contributed by atoms with van der Waals surface area (Å²) in [5.74, 6) is -0.00490. The summed E-state index contributed by atoms with van der Waals surface area (Å²) in [6, 6.07) is 14.6. The Kier molecular flexibility index (Phi) is 4.01. The van der Waals surface area contributed by atoms with Crippen molar-refractivity contribution in [1.29, 1.82) is 0 Å². The molecule has 128 valence electrons. The molecule has 0 bridgehead atoms. The SMILES string of the molecule is C[n+]1cccc(-c2ccc3ncnc(N)c3c2)c1-c1ccc(F)c(Cl)c1. The Morgan fingerprint density at radius 1 is 1.04 bits per heavy atom. The molecule has 4 rings (SSSR count). The molecule has 6 heteroatoms. The van der Waals surface area contributed by atoms with Gasteiger partial charge in [0.1, 0.15) is 25.0 Å². The molecule has 0 amide bonds. The molecule has 4 aromatic rings. The third-order valence-corrected chi connectivity index (χ3v) is 4.64. The number of hydrogen-bond donors (Lipinski definition) is 1. The summed E-state index contributed by atoms with van der Waals surface area (Å²) >= 11 is 6.00. The molecule has 0 atom stereocenters. The van der Waals surface area contributed by atoms with Gasteiger partial charge in [-0.05, 0) is 42.0 Å². The fourth-order valence-corrected chi connectivity index (χ4v) is 3.27. The lowest BCUT2D eigenvalue weighted by Gasteiger charge is -2.10. The zero-order valence-electron chi connectivity index (χ0n) is 13.9. The number of rotatable bonds is 2. The zero-order valence-corrected chi connectivity index (χ0v) is 14.7. The van der Waals surface area contributed by atoms with Crippen LogP contribution in [-0.2, 0) is 7.05 Å². The number of nitrogens with two attached hydrogens (primary N) is 1. The molecular weight excluding hydrogens is 351 g/mol. The fraction of sp³-hybridized carbons (Fsp3) is 0.0500. The van der Waals surface area contributed by atoms with Crippen LogP contribution in [0.2, 0.25) is 5.02 Å².